The SMILES string of the molecule is CCOc1ccc(N2C(=O)/C(=C\c3cc(I)c(OCC(=O)O)c(I)c3)C(=O)NC2=S)cc1. The number of carboxylic acid groups (broad SMARTS) is 1. The van der Waals surface area contributed by atoms with E-state index in [1.54, 1.807) is 36.4 Å². The lowest BCUT2D eigenvalue weighted by molar-refractivity contribution is -0.139. The van der Waals surface area contributed by atoms with E-state index in [0.717, 1.165) is 0 Å². The number of halogens is 2. The van der Waals surface area contributed by atoms with Crippen LogP contribution in [0.1, 0.15) is 12.5 Å². The van der Waals surface area contributed by atoms with E-state index in [1.165, 1.54) is 11.0 Å². The number of rotatable bonds is 7. The summed E-state index contributed by atoms with van der Waals surface area (Å²) >= 11 is 9.24. The van der Waals surface area contributed by atoms with Crippen molar-refractivity contribution in [1.29, 1.82) is 0 Å². The molecule has 0 aromatic heterocycles. The summed E-state index contributed by atoms with van der Waals surface area (Å²) in [5.74, 6) is -1.16. The zero-order chi connectivity index (χ0) is 23.4. The van der Waals surface area contributed by atoms with E-state index in [2.05, 4.69) is 5.32 Å². The van der Waals surface area contributed by atoms with Crippen LogP contribution in [0, 0.1) is 7.14 Å². The molecule has 0 spiro atoms. The second kappa shape index (κ2) is 10.6. The molecule has 0 atom stereocenters. The topological polar surface area (TPSA) is 105 Å². The predicted molar refractivity (Wildman–Crippen MR) is 139 cm³/mol. The number of anilines is 1. The summed E-state index contributed by atoms with van der Waals surface area (Å²) in [5, 5.41) is 11.4. The van der Waals surface area contributed by atoms with Crippen molar-refractivity contribution in [1.82, 2.24) is 5.32 Å². The number of carboxylic acids is 1. The highest BCUT2D eigenvalue weighted by molar-refractivity contribution is 14.1. The number of carbonyl (C=O) groups is 3. The Hall–Kier alpha value is -2.26. The maximum absolute atomic E-state index is 13.2. The molecule has 3 rings (SSSR count). The monoisotopic (exact) mass is 678 g/mol. The van der Waals surface area contributed by atoms with Crippen LogP contribution in [0.3, 0.4) is 0 Å². The van der Waals surface area contributed by atoms with Crippen LogP contribution in [0.4, 0.5) is 5.69 Å². The van der Waals surface area contributed by atoms with Crippen molar-refractivity contribution in [2.24, 2.45) is 0 Å². The van der Waals surface area contributed by atoms with Crippen molar-refractivity contribution in [2.75, 3.05) is 18.1 Å². The summed E-state index contributed by atoms with van der Waals surface area (Å²) in [6, 6.07) is 10.2. The van der Waals surface area contributed by atoms with Crippen molar-refractivity contribution >= 4 is 92.1 Å². The third kappa shape index (κ3) is 5.56. The molecule has 32 heavy (non-hydrogen) atoms. The van der Waals surface area contributed by atoms with Crippen molar-refractivity contribution < 1.29 is 29.0 Å². The molecule has 1 fully saturated rings. The first-order valence-corrected chi connectivity index (χ1v) is 11.8. The van der Waals surface area contributed by atoms with Gasteiger partial charge in [-0.05, 0) is 112 Å². The Morgan fingerprint density at radius 3 is 2.34 bits per heavy atom. The fraction of sp³-hybridized carbons (Fsp3) is 0.143. The summed E-state index contributed by atoms with van der Waals surface area (Å²) in [5.41, 5.74) is 0.994. The van der Waals surface area contributed by atoms with Gasteiger partial charge in [0.2, 0.25) is 0 Å². The quantitative estimate of drug-likeness (QED) is 0.200. The normalized spacial score (nSPS) is 15.0. The fourth-order valence-corrected chi connectivity index (χ4v) is 5.26. The first kappa shape index (κ1) is 24.4. The summed E-state index contributed by atoms with van der Waals surface area (Å²) in [4.78, 5) is 37.7. The predicted octanol–water partition coefficient (Wildman–Crippen LogP) is 3.59. The maximum atomic E-state index is 13.2. The summed E-state index contributed by atoms with van der Waals surface area (Å²) in [6.07, 6.45) is 1.46. The third-order valence-corrected chi connectivity index (χ3v) is 6.07. The van der Waals surface area contributed by atoms with Gasteiger partial charge in [0.1, 0.15) is 17.1 Å². The Labute approximate surface area is 216 Å². The van der Waals surface area contributed by atoms with Gasteiger partial charge in [-0.1, -0.05) is 0 Å². The minimum Gasteiger partial charge on any atom is -0.494 e. The number of amides is 2. The van der Waals surface area contributed by atoms with E-state index in [4.69, 9.17) is 26.8 Å². The van der Waals surface area contributed by atoms with E-state index < -0.39 is 24.4 Å². The van der Waals surface area contributed by atoms with E-state index in [1.807, 2.05) is 52.1 Å². The lowest BCUT2D eigenvalue weighted by Crippen LogP contribution is -2.54. The Bertz CT molecular complexity index is 1110. The summed E-state index contributed by atoms with van der Waals surface area (Å²) < 4.78 is 12.0. The van der Waals surface area contributed by atoms with E-state index >= 15 is 0 Å². The summed E-state index contributed by atoms with van der Waals surface area (Å²) in [7, 11) is 0. The first-order valence-electron chi connectivity index (χ1n) is 9.19. The van der Waals surface area contributed by atoms with E-state index in [9.17, 15) is 14.4 Å². The number of hydrogen-bond donors (Lipinski definition) is 2. The molecule has 8 nitrogen and oxygen atoms in total. The van der Waals surface area contributed by atoms with E-state index in [0.29, 0.717) is 36.5 Å². The number of carbonyl (C=O) groups excluding carboxylic acids is 2. The van der Waals surface area contributed by atoms with Gasteiger partial charge in [-0.25, -0.2) is 4.79 Å². The van der Waals surface area contributed by atoms with Crippen LogP contribution in [0.15, 0.2) is 42.0 Å². The average molecular weight is 678 g/mol. The molecule has 0 bridgehead atoms. The van der Waals surface area contributed by atoms with Crippen molar-refractivity contribution in [2.45, 2.75) is 6.92 Å². The molecule has 166 valence electrons. The van der Waals surface area contributed by atoms with Gasteiger partial charge in [0.05, 0.1) is 19.4 Å². The number of benzene rings is 2. The number of thiocarbonyl (C=S) groups is 1. The highest BCUT2D eigenvalue weighted by atomic mass is 127. The molecule has 0 saturated carbocycles. The van der Waals surface area contributed by atoms with Crippen molar-refractivity contribution in [3.8, 4) is 11.5 Å². The molecule has 0 unspecified atom stereocenters. The second-order valence-electron chi connectivity index (χ2n) is 6.38. The van der Waals surface area contributed by atoms with Gasteiger partial charge < -0.3 is 14.6 Å². The number of ether oxygens (including phenoxy) is 2. The largest absolute Gasteiger partial charge is 0.494 e. The molecule has 2 N–H and O–H groups in total. The minimum atomic E-state index is -1.09. The molecule has 1 aliphatic rings. The Morgan fingerprint density at radius 1 is 1.16 bits per heavy atom. The van der Waals surface area contributed by atoms with Gasteiger partial charge in [0, 0.05) is 0 Å². The molecular formula is C21H16I2N2O6S. The van der Waals surface area contributed by atoms with E-state index in [-0.39, 0.29) is 10.7 Å². The van der Waals surface area contributed by atoms with Crippen LogP contribution >= 0.6 is 57.4 Å². The Morgan fingerprint density at radius 2 is 1.78 bits per heavy atom. The second-order valence-corrected chi connectivity index (χ2v) is 9.09. The fourth-order valence-electron chi connectivity index (χ4n) is 2.85. The standard InChI is InChI=1S/C21H16I2N2O6S/c1-2-30-13-5-3-12(4-6-13)25-20(29)14(19(28)24-21(25)32)7-11-8-15(22)18(16(23)9-11)31-10-17(26)27/h3-9H,2,10H2,1H3,(H,26,27)(H,24,28,32)/b14-7-. The molecule has 2 aromatic rings. The molecule has 0 radical (unpaired) electrons. The lowest BCUT2D eigenvalue weighted by Gasteiger charge is -2.29. The zero-order valence-corrected chi connectivity index (χ0v) is 21.7. The maximum Gasteiger partial charge on any atom is 0.341 e. The average Bonchev–Trinajstić information content (AvgIpc) is 2.71. The molecule has 1 saturated heterocycles. The van der Waals surface area contributed by atoms with Gasteiger partial charge in [-0.2, -0.15) is 0 Å². The van der Waals surface area contributed by atoms with Crippen LogP contribution in [0.5, 0.6) is 11.5 Å². The first-order chi connectivity index (χ1) is 15.2. The third-order valence-electron chi connectivity index (χ3n) is 4.18. The van der Waals surface area contributed by atoms with Crippen LogP contribution in [-0.4, -0.2) is 41.2 Å². The number of aliphatic carboxylic acids is 1. The summed E-state index contributed by atoms with van der Waals surface area (Å²) in [6.45, 7) is 1.92. The van der Waals surface area contributed by atoms with Crippen LogP contribution in [-0.2, 0) is 14.4 Å². The van der Waals surface area contributed by atoms with Crippen LogP contribution in [0.2, 0.25) is 0 Å². The minimum absolute atomic E-state index is 0.0112. The molecular weight excluding hydrogens is 662 g/mol. The van der Waals surface area contributed by atoms with Crippen molar-refractivity contribution in [3.05, 3.63) is 54.7 Å². The number of nitrogens with one attached hydrogen (secondary N) is 1. The van der Waals surface area contributed by atoms with Crippen molar-refractivity contribution in [3.63, 3.8) is 0 Å². The van der Waals surface area contributed by atoms with Gasteiger partial charge in [-0.15, -0.1) is 0 Å². The molecule has 2 amide bonds. The number of hydrogen-bond acceptors (Lipinski definition) is 6. The highest BCUT2D eigenvalue weighted by Gasteiger charge is 2.34. The number of nitrogens with zero attached hydrogens (tertiary/aromatic N) is 1. The zero-order valence-electron chi connectivity index (χ0n) is 16.6. The van der Waals surface area contributed by atoms with Gasteiger partial charge in [-0.3, -0.25) is 19.8 Å². The van der Waals surface area contributed by atoms with Crippen LogP contribution < -0.4 is 19.7 Å². The highest BCUT2D eigenvalue weighted by Crippen LogP contribution is 2.31. The molecule has 1 aliphatic heterocycles. The van der Waals surface area contributed by atoms with Gasteiger partial charge in [0.15, 0.2) is 11.7 Å². The smallest absolute Gasteiger partial charge is 0.341 e. The molecule has 11 heteroatoms. The molecule has 2 aromatic carbocycles. The Kier molecular flexibility index (Phi) is 8.05. The Balaban J connectivity index is 1.93. The molecule has 1 heterocycles. The van der Waals surface area contributed by atoms with Gasteiger partial charge in [0.25, 0.3) is 11.8 Å². The van der Waals surface area contributed by atoms with Crippen LogP contribution in [0.25, 0.3) is 6.08 Å². The van der Waals surface area contributed by atoms with Gasteiger partial charge >= 0.3 is 5.97 Å². The molecule has 0 aliphatic carbocycles. The lowest BCUT2D eigenvalue weighted by atomic mass is 10.1.